The summed E-state index contributed by atoms with van der Waals surface area (Å²) in [6.07, 6.45) is 3.40. The van der Waals surface area contributed by atoms with Gasteiger partial charge in [0.25, 0.3) is 0 Å². The standard InChI is InChI=1S/C25H33NO3/c1-18-4-7-20(8-5-18)22(21-11-13-29-25(2,3)15-21)10-12-26-16-19-6-9-23-24(14-19)28-17-27-23/h4-9,14,21-22,26H,10-13,15-17H2,1-3H3/t21-,22+/m0/s1. The average Bonchev–Trinajstić information content (AvgIpc) is 3.16. The minimum absolute atomic E-state index is 0.0220. The highest BCUT2D eigenvalue weighted by Gasteiger charge is 2.33. The number of ether oxygens (including phenoxy) is 3. The van der Waals surface area contributed by atoms with E-state index < -0.39 is 0 Å². The Morgan fingerprint density at radius 3 is 2.66 bits per heavy atom. The number of nitrogens with one attached hydrogen (secondary N) is 1. The first-order valence-corrected chi connectivity index (χ1v) is 10.8. The summed E-state index contributed by atoms with van der Waals surface area (Å²) in [4.78, 5) is 0. The summed E-state index contributed by atoms with van der Waals surface area (Å²) >= 11 is 0. The number of hydrogen-bond donors (Lipinski definition) is 1. The molecule has 156 valence electrons. The number of benzene rings is 2. The number of rotatable bonds is 7. The Morgan fingerprint density at radius 1 is 1.07 bits per heavy atom. The summed E-state index contributed by atoms with van der Waals surface area (Å²) in [5.74, 6) is 2.92. The van der Waals surface area contributed by atoms with E-state index in [0.29, 0.717) is 18.6 Å². The lowest BCUT2D eigenvalue weighted by molar-refractivity contribution is -0.0771. The predicted octanol–water partition coefficient (Wildman–Crippen LogP) is 5.19. The van der Waals surface area contributed by atoms with Crippen molar-refractivity contribution in [3.8, 4) is 11.5 Å². The maximum absolute atomic E-state index is 5.98. The Labute approximate surface area is 174 Å². The summed E-state index contributed by atoms with van der Waals surface area (Å²) in [6.45, 7) is 9.63. The van der Waals surface area contributed by atoms with Gasteiger partial charge in [0, 0.05) is 13.2 Å². The van der Waals surface area contributed by atoms with Crippen LogP contribution in [0.5, 0.6) is 11.5 Å². The molecule has 2 aliphatic heterocycles. The van der Waals surface area contributed by atoms with Crippen molar-refractivity contribution in [2.45, 2.75) is 58.1 Å². The van der Waals surface area contributed by atoms with Gasteiger partial charge >= 0.3 is 0 Å². The van der Waals surface area contributed by atoms with E-state index in [1.54, 1.807) is 0 Å². The van der Waals surface area contributed by atoms with E-state index in [4.69, 9.17) is 14.2 Å². The summed E-state index contributed by atoms with van der Waals surface area (Å²) in [7, 11) is 0. The molecule has 0 bridgehead atoms. The van der Waals surface area contributed by atoms with Crippen LogP contribution in [-0.2, 0) is 11.3 Å². The first-order chi connectivity index (χ1) is 14.0. The molecule has 2 aromatic rings. The SMILES string of the molecule is Cc1ccc([C@@H](CCNCc2ccc3c(c2)OCO3)[C@H]2CCOC(C)(C)C2)cc1. The number of hydrogen-bond acceptors (Lipinski definition) is 4. The molecule has 4 nitrogen and oxygen atoms in total. The molecule has 1 N–H and O–H groups in total. The molecule has 2 heterocycles. The van der Waals surface area contributed by atoms with E-state index in [1.807, 2.05) is 6.07 Å². The summed E-state index contributed by atoms with van der Waals surface area (Å²) < 4.78 is 16.9. The molecule has 0 radical (unpaired) electrons. The molecular weight excluding hydrogens is 362 g/mol. The van der Waals surface area contributed by atoms with Gasteiger partial charge in [0.05, 0.1) is 5.60 Å². The maximum Gasteiger partial charge on any atom is 0.231 e. The molecular formula is C25H33NO3. The number of aryl methyl sites for hydroxylation is 1. The van der Waals surface area contributed by atoms with Gasteiger partial charge < -0.3 is 19.5 Å². The largest absolute Gasteiger partial charge is 0.454 e. The number of fused-ring (bicyclic) bond motifs is 1. The van der Waals surface area contributed by atoms with E-state index in [0.717, 1.165) is 50.5 Å². The highest BCUT2D eigenvalue weighted by molar-refractivity contribution is 5.44. The van der Waals surface area contributed by atoms with Crippen LogP contribution in [0.1, 0.15) is 55.7 Å². The van der Waals surface area contributed by atoms with Crippen molar-refractivity contribution in [1.29, 1.82) is 0 Å². The fraction of sp³-hybridized carbons (Fsp3) is 0.520. The van der Waals surface area contributed by atoms with Crippen LogP contribution >= 0.6 is 0 Å². The molecule has 0 aromatic heterocycles. The summed E-state index contributed by atoms with van der Waals surface area (Å²) in [5.41, 5.74) is 3.99. The Balaban J connectivity index is 1.38. The fourth-order valence-corrected chi connectivity index (χ4v) is 4.65. The predicted molar refractivity (Wildman–Crippen MR) is 116 cm³/mol. The van der Waals surface area contributed by atoms with Gasteiger partial charge in [-0.25, -0.2) is 0 Å². The Kier molecular flexibility index (Phi) is 6.12. The van der Waals surface area contributed by atoms with E-state index in [9.17, 15) is 0 Å². The van der Waals surface area contributed by atoms with Crippen LogP contribution in [0.25, 0.3) is 0 Å². The van der Waals surface area contributed by atoms with Crippen LogP contribution in [-0.4, -0.2) is 25.5 Å². The molecule has 4 rings (SSSR count). The second kappa shape index (κ2) is 8.76. The molecule has 4 heteroatoms. The first-order valence-electron chi connectivity index (χ1n) is 10.8. The van der Waals surface area contributed by atoms with Crippen LogP contribution in [0, 0.1) is 12.8 Å². The fourth-order valence-electron chi connectivity index (χ4n) is 4.65. The van der Waals surface area contributed by atoms with Gasteiger partial charge in [-0.05, 0) is 81.7 Å². The second-order valence-corrected chi connectivity index (χ2v) is 9.03. The Morgan fingerprint density at radius 2 is 1.86 bits per heavy atom. The molecule has 29 heavy (non-hydrogen) atoms. The van der Waals surface area contributed by atoms with E-state index in [-0.39, 0.29) is 5.60 Å². The van der Waals surface area contributed by atoms with Crippen molar-refractivity contribution < 1.29 is 14.2 Å². The van der Waals surface area contributed by atoms with Gasteiger partial charge in [-0.2, -0.15) is 0 Å². The first kappa shape index (κ1) is 20.2. The monoisotopic (exact) mass is 395 g/mol. The molecule has 2 aliphatic rings. The van der Waals surface area contributed by atoms with Crippen molar-refractivity contribution in [3.63, 3.8) is 0 Å². The van der Waals surface area contributed by atoms with Crippen molar-refractivity contribution >= 4 is 0 Å². The quantitative estimate of drug-likeness (QED) is 0.655. The molecule has 0 saturated carbocycles. The average molecular weight is 396 g/mol. The molecule has 1 saturated heterocycles. The van der Waals surface area contributed by atoms with Crippen molar-refractivity contribution in [3.05, 3.63) is 59.2 Å². The lowest BCUT2D eigenvalue weighted by Crippen LogP contribution is -2.36. The Hall–Kier alpha value is -2.04. The molecule has 1 fully saturated rings. The van der Waals surface area contributed by atoms with Crippen molar-refractivity contribution in [2.24, 2.45) is 5.92 Å². The van der Waals surface area contributed by atoms with E-state index in [1.165, 1.54) is 16.7 Å². The third-order valence-corrected chi connectivity index (χ3v) is 6.21. The molecule has 2 aromatic carbocycles. The van der Waals surface area contributed by atoms with Crippen molar-refractivity contribution in [2.75, 3.05) is 19.9 Å². The van der Waals surface area contributed by atoms with Crippen LogP contribution in [0.4, 0.5) is 0 Å². The van der Waals surface area contributed by atoms with E-state index >= 15 is 0 Å². The van der Waals surface area contributed by atoms with Gasteiger partial charge in [0.2, 0.25) is 6.79 Å². The zero-order chi connectivity index (χ0) is 20.3. The zero-order valence-electron chi connectivity index (χ0n) is 17.9. The molecule has 0 amide bonds. The molecule has 2 atom stereocenters. The van der Waals surface area contributed by atoms with Crippen LogP contribution < -0.4 is 14.8 Å². The molecule has 0 spiro atoms. The highest BCUT2D eigenvalue weighted by atomic mass is 16.7. The van der Waals surface area contributed by atoms with E-state index in [2.05, 4.69) is 62.5 Å². The molecule has 0 aliphatic carbocycles. The smallest absolute Gasteiger partial charge is 0.231 e. The van der Waals surface area contributed by atoms with Gasteiger partial charge in [-0.1, -0.05) is 35.9 Å². The third kappa shape index (κ3) is 5.12. The van der Waals surface area contributed by atoms with Gasteiger partial charge in [-0.3, -0.25) is 0 Å². The minimum atomic E-state index is -0.0220. The van der Waals surface area contributed by atoms with Gasteiger partial charge in [0.1, 0.15) is 0 Å². The summed E-state index contributed by atoms with van der Waals surface area (Å²) in [6, 6.07) is 15.3. The van der Waals surface area contributed by atoms with Crippen molar-refractivity contribution in [1.82, 2.24) is 5.32 Å². The highest BCUT2D eigenvalue weighted by Crippen LogP contribution is 2.40. The summed E-state index contributed by atoms with van der Waals surface area (Å²) in [5, 5.41) is 3.64. The van der Waals surface area contributed by atoms with Gasteiger partial charge in [0.15, 0.2) is 11.5 Å². The molecule has 0 unspecified atom stereocenters. The normalized spacial score (nSPS) is 21.1. The zero-order valence-corrected chi connectivity index (χ0v) is 17.9. The lowest BCUT2D eigenvalue weighted by atomic mass is 9.75. The second-order valence-electron chi connectivity index (χ2n) is 9.03. The maximum atomic E-state index is 5.98. The Bertz CT molecular complexity index is 815. The lowest BCUT2D eigenvalue weighted by Gasteiger charge is -2.39. The van der Waals surface area contributed by atoms with Crippen LogP contribution in [0.2, 0.25) is 0 Å². The topological polar surface area (TPSA) is 39.7 Å². The minimum Gasteiger partial charge on any atom is -0.454 e. The van der Waals surface area contributed by atoms with Crippen LogP contribution in [0.15, 0.2) is 42.5 Å². The van der Waals surface area contributed by atoms with Crippen LogP contribution in [0.3, 0.4) is 0 Å². The van der Waals surface area contributed by atoms with Gasteiger partial charge in [-0.15, -0.1) is 0 Å². The third-order valence-electron chi connectivity index (χ3n) is 6.21.